The van der Waals surface area contributed by atoms with Gasteiger partial charge in [-0.3, -0.25) is 4.90 Å². The minimum Gasteiger partial charge on any atom is -0.478 e. The molecule has 0 bridgehead atoms. The van der Waals surface area contributed by atoms with Crippen molar-refractivity contribution < 1.29 is 14.6 Å². The van der Waals surface area contributed by atoms with E-state index in [-0.39, 0.29) is 0 Å². The fourth-order valence-electron chi connectivity index (χ4n) is 1.87. The van der Waals surface area contributed by atoms with Gasteiger partial charge < -0.3 is 14.4 Å². The van der Waals surface area contributed by atoms with Gasteiger partial charge in [0.2, 0.25) is 0 Å². The zero-order valence-electron chi connectivity index (χ0n) is 9.35. The van der Waals surface area contributed by atoms with E-state index in [4.69, 9.17) is 9.84 Å². The van der Waals surface area contributed by atoms with Gasteiger partial charge in [-0.05, 0) is 6.07 Å². The molecular weight excluding hydrogens is 208 g/mol. The van der Waals surface area contributed by atoms with Gasteiger partial charge in [0.25, 0.3) is 0 Å². The Balaban J connectivity index is 2.05. The fraction of sp³-hybridized carbons (Fsp3) is 0.545. The summed E-state index contributed by atoms with van der Waals surface area (Å²) in [5.41, 5.74) is 1.38. The molecule has 2 rings (SSSR count). The SMILES string of the molecule is Cn1cc(C(=O)O)cc1CN1CCOCC1. The predicted octanol–water partition coefficient (Wildman–Crippen LogP) is 0.556. The molecule has 5 heteroatoms. The summed E-state index contributed by atoms with van der Waals surface area (Å²) in [7, 11) is 1.88. The summed E-state index contributed by atoms with van der Waals surface area (Å²) < 4.78 is 7.14. The monoisotopic (exact) mass is 224 g/mol. The predicted molar refractivity (Wildman–Crippen MR) is 58.5 cm³/mol. The Kier molecular flexibility index (Phi) is 3.26. The summed E-state index contributed by atoms with van der Waals surface area (Å²) in [5.74, 6) is -0.871. The molecule has 16 heavy (non-hydrogen) atoms. The number of rotatable bonds is 3. The van der Waals surface area contributed by atoms with Crippen molar-refractivity contribution in [3.05, 3.63) is 23.5 Å². The van der Waals surface area contributed by atoms with Gasteiger partial charge in [0.1, 0.15) is 0 Å². The Morgan fingerprint density at radius 2 is 2.19 bits per heavy atom. The highest BCUT2D eigenvalue weighted by Gasteiger charge is 2.14. The molecule has 1 aliphatic heterocycles. The Bertz CT molecular complexity index is 381. The molecule has 0 unspecified atom stereocenters. The number of hydrogen-bond donors (Lipinski definition) is 1. The molecule has 2 heterocycles. The van der Waals surface area contributed by atoms with Crippen LogP contribution in [0.1, 0.15) is 16.1 Å². The normalized spacial score (nSPS) is 17.6. The highest BCUT2D eigenvalue weighted by molar-refractivity contribution is 5.87. The summed E-state index contributed by atoms with van der Waals surface area (Å²) >= 11 is 0. The number of nitrogens with zero attached hydrogens (tertiary/aromatic N) is 2. The van der Waals surface area contributed by atoms with Crippen LogP contribution in [0.5, 0.6) is 0 Å². The van der Waals surface area contributed by atoms with Gasteiger partial charge in [-0.1, -0.05) is 0 Å². The Morgan fingerprint density at radius 3 is 2.75 bits per heavy atom. The van der Waals surface area contributed by atoms with Crippen LogP contribution in [0.3, 0.4) is 0 Å². The number of ether oxygens (including phenoxy) is 1. The first kappa shape index (κ1) is 11.2. The maximum absolute atomic E-state index is 10.8. The summed E-state index contributed by atoms with van der Waals surface area (Å²) in [5, 5.41) is 8.88. The number of carbonyl (C=O) groups is 1. The average molecular weight is 224 g/mol. The van der Waals surface area contributed by atoms with E-state index in [1.165, 1.54) is 0 Å². The molecule has 0 radical (unpaired) electrons. The smallest absolute Gasteiger partial charge is 0.337 e. The van der Waals surface area contributed by atoms with Gasteiger partial charge in [0, 0.05) is 38.6 Å². The van der Waals surface area contributed by atoms with Crippen LogP contribution in [0.25, 0.3) is 0 Å². The van der Waals surface area contributed by atoms with Crippen LogP contribution < -0.4 is 0 Å². The second-order valence-electron chi connectivity index (χ2n) is 4.02. The highest BCUT2D eigenvalue weighted by atomic mass is 16.5. The molecule has 1 aromatic rings. The van der Waals surface area contributed by atoms with E-state index in [2.05, 4.69) is 4.90 Å². The van der Waals surface area contributed by atoms with E-state index in [9.17, 15) is 4.79 Å². The highest BCUT2D eigenvalue weighted by Crippen LogP contribution is 2.11. The van der Waals surface area contributed by atoms with Gasteiger partial charge in [-0.25, -0.2) is 4.79 Å². The summed E-state index contributed by atoms with van der Waals surface area (Å²) in [6.45, 7) is 4.13. The van der Waals surface area contributed by atoms with E-state index in [1.54, 1.807) is 12.3 Å². The molecule has 1 aromatic heterocycles. The molecule has 0 saturated carbocycles. The van der Waals surface area contributed by atoms with Crippen molar-refractivity contribution >= 4 is 5.97 Å². The maximum Gasteiger partial charge on any atom is 0.337 e. The molecule has 1 aliphatic rings. The molecule has 0 amide bonds. The van der Waals surface area contributed by atoms with E-state index in [1.807, 2.05) is 11.6 Å². The minimum absolute atomic E-state index is 0.353. The van der Waals surface area contributed by atoms with Crippen LogP contribution in [0.15, 0.2) is 12.3 Å². The number of hydrogen-bond acceptors (Lipinski definition) is 3. The van der Waals surface area contributed by atoms with Crippen molar-refractivity contribution in [1.29, 1.82) is 0 Å². The van der Waals surface area contributed by atoms with E-state index in [0.29, 0.717) is 5.56 Å². The van der Waals surface area contributed by atoms with Crippen molar-refractivity contribution in [2.24, 2.45) is 7.05 Å². The standard InChI is InChI=1S/C11H16N2O3/c1-12-7-9(11(14)15)6-10(12)8-13-2-4-16-5-3-13/h6-7H,2-5,8H2,1H3,(H,14,15). The Morgan fingerprint density at radius 1 is 1.50 bits per heavy atom. The quantitative estimate of drug-likeness (QED) is 0.815. The molecule has 88 valence electrons. The van der Waals surface area contributed by atoms with Gasteiger partial charge in [-0.2, -0.15) is 0 Å². The zero-order chi connectivity index (χ0) is 11.5. The van der Waals surface area contributed by atoms with Crippen LogP contribution in [-0.2, 0) is 18.3 Å². The molecule has 1 N–H and O–H groups in total. The lowest BCUT2D eigenvalue weighted by Crippen LogP contribution is -2.36. The zero-order valence-corrected chi connectivity index (χ0v) is 9.35. The topological polar surface area (TPSA) is 54.7 Å². The third-order valence-corrected chi connectivity index (χ3v) is 2.84. The minimum atomic E-state index is -0.871. The Hall–Kier alpha value is -1.33. The molecular formula is C11H16N2O3. The van der Waals surface area contributed by atoms with E-state index >= 15 is 0 Å². The largest absolute Gasteiger partial charge is 0.478 e. The van der Waals surface area contributed by atoms with E-state index in [0.717, 1.165) is 38.5 Å². The third-order valence-electron chi connectivity index (χ3n) is 2.84. The molecule has 0 aromatic carbocycles. The second-order valence-corrected chi connectivity index (χ2v) is 4.02. The van der Waals surface area contributed by atoms with Crippen molar-refractivity contribution in [1.82, 2.24) is 9.47 Å². The molecule has 0 aliphatic carbocycles. The third kappa shape index (κ3) is 2.43. The lowest BCUT2D eigenvalue weighted by Gasteiger charge is -2.26. The molecule has 0 atom stereocenters. The number of morpholine rings is 1. The van der Waals surface area contributed by atoms with Crippen LogP contribution in [0, 0.1) is 0 Å². The lowest BCUT2D eigenvalue weighted by molar-refractivity contribution is 0.0333. The van der Waals surface area contributed by atoms with E-state index < -0.39 is 5.97 Å². The first-order valence-electron chi connectivity index (χ1n) is 5.35. The summed E-state index contributed by atoms with van der Waals surface area (Å²) in [6.07, 6.45) is 1.65. The number of aromatic nitrogens is 1. The molecule has 1 fully saturated rings. The van der Waals surface area contributed by atoms with Crippen LogP contribution >= 0.6 is 0 Å². The number of carboxylic acid groups (broad SMARTS) is 1. The Labute approximate surface area is 94.2 Å². The number of aromatic carboxylic acids is 1. The molecule has 0 spiro atoms. The first-order chi connectivity index (χ1) is 7.66. The van der Waals surface area contributed by atoms with Crippen molar-refractivity contribution in [3.8, 4) is 0 Å². The van der Waals surface area contributed by atoms with Crippen molar-refractivity contribution in [3.63, 3.8) is 0 Å². The van der Waals surface area contributed by atoms with Gasteiger partial charge in [0.05, 0.1) is 18.8 Å². The second kappa shape index (κ2) is 4.67. The van der Waals surface area contributed by atoms with Gasteiger partial charge >= 0.3 is 5.97 Å². The molecule has 1 saturated heterocycles. The fourth-order valence-corrected chi connectivity index (χ4v) is 1.87. The number of carboxylic acids is 1. The maximum atomic E-state index is 10.8. The molecule has 5 nitrogen and oxygen atoms in total. The van der Waals surface area contributed by atoms with Crippen LogP contribution in [-0.4, -0.2) is 46.8 Å². The average Bonchev–Trinajstić information content (AvgIpc) is 2.62. The van der Waals surface area contributed by atoms with Crippen LogP contribution in [0.4, 0.5) is 0 Å². The lowest BCUT2D eigenvalue weighted by atomic mass is 10.3. The van der Waals surface area contributed by atoms with Gasteiger partial charge in [0.15, 0.2) is 0 Å². The van der Waals surface area contributed by atoms with Crippen LogP contribution in [0.2, 0.25) is 0 Å². The summed E-state index contributed by atoms with van der Waals surface area (Å²) in [4.78, 5) is 13.1. The van der Waals surface area contributed by atoms with Crippen molar-refractivity contribution in [2.75, 3.05) is 26.3 Å². The van der Waals surface area contributed by atoms with Crippen molar-refractivity contribution in [2.45, 2.75) is 6.54 Å². The van der Waals surface area contributed by atoms with Gasteiger partial charge in [-0.15, -0.1) is 0 Å². The first-order valence-corrected chi connectivity index (χ1v) is 5.35. The number of aryl methyl sites for hydroxylation is 1. The summed E-state index contributed by atoms with van der Waals surface area (Å²) in [6, 6.07) is 1.73.